The first-order valence-electron chi connectivity index (χ1n) is 13.5. The molecule has 6 nitrogen and oxygen atoms in total. The van der Waals surface area contributed by atoms with Crippen molar-refractivity contribution in [2.45, 2.75) is 18.5 Å². The molecule has 0 spiro atoms. The molecule has 2 heterocycles. The standard InChI is InChI=1S/C34H24F3NO5/c35-34(36,37)22-16-14-20(15-17-22)28(29-31(39)25-11-5-7-13-27(25)43-33(29)41)30-24(23-10-4-6-12-26(23)38-30)18-19-42-32(40)21-8-2-1-3-9-21/h1-17,28,38-39H,18-19H2. The molecule has 216 valence electrons. The fourth-order valence-electron chi connectivity index (χ4n) is 5.38. The summed E-state index contributed by atoms with van der Waals surface area (Å²) in [7, 11) is 0. The number of hydrogen-bond donors (Lipinski definition) is 2. The maximum atomic E-state index is 13.5. The predicted octanol–water partition coefficient (Wildman–Crippen LogP) is 7.58. The van der Waals surface area contributed by atoms with Gasteiger partial charge in [-0.3, -0.25) is 0 Å². The highest BCUT2D eigenvalue weighted by molar-refractivity contribution is 5.90. The molecule has 4 aromatic carbocycles. The Morgan fingerprint density at radius 2 is 1.51 bits per heavy atom. The third-order valence-corrected chi connectivity index (χ3v) is 7.41. The van der Waals surface area contributed by atoms with Crippen LogP contribution in [0, 0.1) is 0 Å². The lowest BCUT2D eigenvalue weighted by atomic mass is 9.85. The zero-order valence-corrected chi connectivity index (χ0v) is 22.5. The lowest BCUT2D eigenvalue weighted by Gasteiger charge is -2.20. The number of nitrogens with one attached hydrogen (secondary N) is 1. The van der Waals surface area contributed by atoms with Crippen molar-refractivity contribution >= 4 is 27.8 Å². The van der Waals surface area contributed by atoms with Gasteiger partial charge in [0.25, 0.3) is 0 Å². The SMILES string of the molecule is O=C(OCCc1c(C(c2ccc(C(F)(F)F)cc2)c2c(O)c3ccccc3oc2=O)[nH]c2ccccc12)c1ccccc1. The Kier molecular flexibility index (Phi) is 7.23. The number of fused-ring (bicyclic) bond motifs is 2. The van der Waals surface area contributed by atoms with E-state index in [1.54, 1.807) is 54.6 Å². The van der Waals surface area contributed by atoms with Crippen LogP contribution in [0.15, 0.2) is 112 Å². The van der Waals surface area contributed by atoms with E-state index in [1.807, 2.05) is 24.3 Å². The van der Waals surface area contributed by atoms with E-state index in [-0.39, 0.29) is 35.3 Å². The lowest BCUT2D eigenvalue weighted by molar-refractivity contribution is -0.137. The average molecular weight is 584 g/mol. The summed E-state index contributed by atoms with van der Waals surface area (Å²) in [5.41, 5.74) is 0.891. The smallest absolute Gasteiger partial charge is 0.416 e. The van der Waals surface area contributed by atoms with Crippen LogP contribution in [-0.4, -0.2) is 22.7 Å². The fraction of sp³-hybridized carbons (Fsp3) is 0.118. The van der Waals surface area contributed by atoms with Crippen LogP contribution in [-0.2, 0) is 17.3 Å². The highest BCUT2D eigenvalue weighted by Crippen LogP contribution is 2.42. The van der Waals surface area contributed by atoms with Gasteiger partial charge >= 0.3 is 17.8 Å². The maximum Gasteiger partial charge on any atom is 0.416 e. The van der Waals surface area contributed by atoms with Gasteiger partial charge in [-0.1, -0.05) is 60.7 Å². The van der Waals surface area contributed by atoms with Gasteiger partial charge in [-0.15, -0.1) is 0 Å². The van der Waals surface area contributed by atoms with E-state index in [1.165, 1.54) is 12.1 Å². The van der Waals surface area contributed by atoms with Crippen molar-refractivity contribution in [3.63, 3.8) is 0 Å². The second kappa shape index (κ2) is 11.2. The Balaban J connectivity index is 1.50. The Morgan fingerprint density at radius 1 is 0.860 bits per heavy atom. The molecule has 43 heavy (non-hydrogen) atoms. The van der Waals surface area contributed by atoms with Gasteiger partial charge in [0, 0.05) is 23.0 Å². The molecule has 6 rings (SSSR count). The normalized spacial score (nSPS) is 12.4. The number of alkyl halides is 3. The third-order valence-electron chi connectivity index (χ3n) is 7.41. The zero-order valence-electron chi connectivity index (χ0n) is 22.5. The molecule has 6 aromatic rings. The number of H-pyrrole nitrogens is 1. The van der Waals surface area contributed by atoms with Gasteiger partial charge < -0.3 is 19.2 Å². The molecular formula is C34H24F3NO5. The summed E-state index contributed by atoms with van der Waals surface area (Å²) in [6.45, 7) is -0.0133. The summed E-state index contributed by atoms with van der Waals surface area (Å²) in [6.07, 6.45) is -4.35. The Labute approximate surface area is 243 Å². The molecule has 1 atom stereocenters. The van der Waals surface area contributed by atoms with Crippen LogP contribution in [0.1, 0.15) is 44.2 Å². The van der Waals surface area contributed by atoms with Crippen LogP contribution < -0.4 is 5.63 Å². The van der Waals surface area contributed by atoms with Crippen molar-refractivity contribution in [2.75, 3.05) is 6.61 Å². The first-order chi connectivity index (χ1) is 20.7. The topological polar surface area (TPSA) is 92.5 Å². The fourth-order valence-corrected chi connectivity index (χ4v) is 5.38. The number of aromatic amines is 1. The number of aromatic nitrogens is 1. The Hall–Kier alpha value is -5.31. The molecule has 0 bridgehead atoms. The number of carbonyl (C=O) groups is 1. The molecule has 0 saturated heterocycles. The van der Waals surface area contributed by atoms with Gasteiger partial charge in [-0.05, 0) is 53.6 Å². The minimum Gasteiger partial charge on any atom is -0.507 e. The third kappa shape index (κ3) is 5.37. The van der Waals surface area contributed by atoms with E-state index in [2.05, 4.69) is 4.98 Å². The first kappa shape index (κ1) is 27.8. The summed E-state index contributed by atoms with van der Waals surface area (Å²) in [5, 5.41) is 12.5. The molecule has 9 heteroatoms. The number of para-hydroxylation sites is 2. The van der Waals surface area contributed by atoms with Crippen molar-refractivity contribution in [2.24, 2.45) is 0 Å². The monoisotopic (exact) mass is 583 g/mol. The van der Waals surface area contributed by atoms with E-state index >= 15 is 0 Å². The molecule has 0 amide bonds. The van der Waals surface area contributed by atoms with Crippen molar-refractivity contribution in [1.82, 2.24) is 4.98 Å². The molecule has 0 radical (unpaired) electrons. The zero-order chi connectivity index (χ0) is 30.1. The minimum atomic E-state index is -4.56. The van der Waals surface area contributed by atoms with E-state index < -0.39 is 29.3 Å². The molecule has 0 fully saturated rings. The maximum absolute atomic E-state index is 13.5. The molecule has 1 unspecified atom stereocenters. The number of ether oxygens (including phenoxy) is 1. The van der Waals surface area contributed by atoms with Crippen LogP contribution in [0.5, 0.6) is 5.75 Å². The number of rotatable bonds is 7. The van der Waals surface area contributed by atoms with E-state index in [0.29, 0.717) is 27.9 Å². The van der Waals surface area contributed by atoms with Crippen LogP contribution >= 0.6 is 0 Å². The number of hydrogen-bond acceptors (Lipinski definition) is 5. The van der Waals surface area contributed by atoms with Crippen LogP contribution in [0.25, 0.3) is 21.9 Å². The van der Waals surface area contributed by atoms with E-state index in [4.69, 9.17) is 9.15 Å². The summed E-state index contributed by atoms with van der Waals surface area (Å²) in [6, 6.07) is 26.8. The Morgan fingerprint density at radius 3 is 2.23 bits per heavy atom. The van der Waals surface area contributed by atoms with Gasteiger partial charge in [0.15, 0.2) is 0 Å². The second-order valence-corrected chi connectivity index (χ2v) is 10.0. The minimum absolute atomic E-state index is 0.0133. The highest BCUT2D eigenvalue weighted by Gasteiger charge is 2.33. The number of carbonyl (C=O) groups excluding carboxylic acids is 1. The molecular weight excluding hydrogens is 559 g/mol. The average Bonchev–Trinajstić information content (AvgIpc) is 3.37. The lowest BCUT2D eigenvalue weighted by Crippen LogP contribution is -2.18. The molecule has 0 aliphatic carbocycles. The highest BCUT2D eigenvalue weighted by atomic mass is 19.4. The van der Waals surface area contributed by atoms with Gasteiger partial charge in [0.05, 0.1) is 34.6 Å². The Bertz CT molecular complexity index is 1990. The van der Waals surface area contributed by atoms with E-state index in [9.17, 15) is 27.9 Å². The summed E-state index contributed by atoms with van der Waals surface area (Å²) in [5.74, 6) is -1.89. The largest absolute Gasteiger partial charge is 0.507 e. The van der Waals surface area contributed by atoms with Gasteiger partial charge in [0.2, 0.25) is 0 Å². The summed E-state index contributed by atoms with van der Waals surface area (Å²) >= 11 is 0. The van der Waals surface area contributed by atoms with Crippen molar-refractivity contribution in [3.8, 4) is 5.75 Å². The first-order valence-corrected chi connectivity index (χ1v) is 13.5. The number of aromatic hydroxyl groups is 1. The van der Waals surface area contributed by atoms with Gasteiger partial charge in [0.1, 0.15) is 11.3 Å². The molecule has 2 aromatic heterocycles. The van der Waals surface area contributed by atoms with Crippen LogP contribution in [0.2, 0.25) is 0 Å². The molecule has 0 aliphatic heterocycles. The molecule has 2 N–H and O–H groups in total. The molecule has 0 saturated carbocycles. The van der Waals surface area contributed by atoms with Gasteiger partial charge in [-0.2, -0.15) is 13.2 Å². The molecule has 0 aliphatic rings. The van der Waals surface area contributed by atoms with Crippen molar-refractivity contribution in [3.05, 3.63) is 147 Å². The van der Waals surface area contributed by atoms with Gasteiger partial charge in [-0.25, -0.2) is 9.59 Å². The van der Waals surface area contributed by atoms with Crippen LogP contribution in [0.3, 0.4) is 0 Å². The van der Waals surface area contributed by atoms with Crippen molar-refractivity contribution in [1.29, 1.82) is 0 Å². The number of benzene rings is 4. The quantitative estimate of drug-likeness (QED) is 0.149. The summed E-state index contributed by atoms with van der Waals surface area (Å²) < 4.78 is 51.5. The number of halogens is 3. The van der Waals surface area contributed by atoms with E-state index in [0.717, 1.165) is 17.5 Å². The number of esters is 1. The van der Waals surface area contributed by atoms with Crippen molar-refractivity contribution < 1.29 is 32.2 Å². The second-order valence-electron chi connectivity index (χ2n) is 10.0. The predicted molar refractivity (Wildman–Crippen MR) is 155 cm³/mol. The summed E-state index contributed by atoms with van der Waals surface area (Å²) in [4.78, 5) is 29.4. The van der Waals surface area contributed by atoms with Crippen LogP contribution in [0.4, 0.5) is 13.2 Å².